The molecule has 1 amide bonds. The van der Waals surface area contributed by atoms with Crippen molar-refractivity contribution >= 4 is 23.2 Å². The topological polar surface area (TPSA) is 42.0 Å². The lowest BCUT2D eigenvalue weighted by molar-refractivity contribution is 0.102. The summed E-state index contributed by atoms with van der Waals surface area (Å²) in [6.45, 7) is 1.86. The second-order valence-electron chi connectivity index (χ2n) is 4.25. The molecule has 0 unspecified atom stereocenters. The minimum Gasteiger partial charge on any atom is -0.321 e. The average Bonchev–Trinajstić information content (AvgIpc) is 2.41. The molecule has 0 spiro atoms. The number of amides is 1. The predicted octanol–water partition coefficient (Wildman–Crippen LogP) is 3.42. The van der Waals surface area contributed by atoms with E-state index in [0.29, 0.717) is 11.6 Å². The van der Waals surface area contributed by atoms with Crippen LogP contribution in [-0.4, -0.2) is 16.8 Å². The number of aryl methyl sites for hydroxylation is 2. The van der Waals surface area contributed by atoms with Gasteiger partial charge in [-0.05, 0) is 43.2 Å². The number of nitrogens with one attached hydrogen (secondary N) is 1. The third-order valence-corrected chi connectivity index (χ3v) is 2.90. The molecule has 1 aromatic heterocycles. The van der Waals surface area contributed by atoms with Gasteiger partial charge in [-0.25, -0.2) is 4.98 Å². The molecule has 3 nitrogen and oxygen atoms in total. The minimum atomic E-state index is -0.200. The molecule has 0 saturated carbocycles. The van der Waals surface area contributed by atoms with Crippen LogP contribution in [0.5, 0.6) is 0 Å². The third-order valence-electron chi connectivity index (χ3n) is 2.72. The van der Waals surface area contributed by atoms with Crippen molar-refractivity contribution in [3.8, 4) is 0 Å². The van der Waals surface area contributed by atoms with Crippen LogP contribution in [0, 0.1) is 6.92 Å². The van der Waals surface area contributed by atoms with Gasteiger partial charge in [0.05, 0.1) is 0 Å². The lowest BCUT2D eigenvalue weighted by Gasteiger charge is -2.06. The van der Waals surface area contributed by atoms with Crippen molar-refractivity contribution in [1.29, 1.82) is 0 Å². The maximum Gasteiger partial charge on any atom is 0.274 e. The van der Waals surface area contributed by atoms with Crippen molar-refractivity contribution in [3.63, 3.8) is 0 Å². The van der Waals surface area contributed by atoms with E-state index in [9.17, 15) is 4.79 Å². The molecule has 0 aliphatic rings. The zero-order chi connectivity index (χ0) is 13.7. The number of halogens is 1. The van der Waals surface area contributed by atoms with Crippen LogP contribution in [0.2, 0.25) is 0 Å². The fraction of sp³-hybridized carbons (Fsp3) is 0.200. The number of carbonyl (C=O) groups excluding carboxylic acids is 1. The largest absolute Gasteiger partial charge is 0.321 e. The summed E-state index contributed by atoms with van der Waals surface area (Å²) in [6, 6.07) is 13.0. The summed E-state index contributed by atoms with van der Waals surface area (Å²) in [5.74, 6) is 0.396. The standard InChI is InChI=1S/C15H15ClN2O/c1-11-3-2-4-14(17-11)15(19)18-13-7-5-12(6-8-13)9-10-16/h2-8H,9-10H2,1H3,(H,18,19). The van der Waals surface area contributed by atoms with Crippen molar-refractivity contribution in [3.05, 3.63) is 59.4 Å². The molecule has 4 heteroatoms. The lowest BCUT2D eigenvalue weighted by atomic mass is 10.1. The quantitative estimate of drug-likeness (QED) is 0.868. The number of carbonyl (C=O) groups is 1. The predicted molar refractivity (Wildman–Crippen MR) is 77.8 cm³/mol. The Morgan fingerprint density at radius 2 is 1.95 bits per heavy atom. The maximum atomic E-state index is 12.0. The van der Waals surface area contributed by atoms with E-state index in [2.05, 4.69) is 10.3 Å². The highest BCUT2D eigenvalue weighted by Gasteiger charge is 2.07. The number of alkyl halides is 1. The van der Waals surface area contributed by atoms with E-state index >= 15 is 0 Å². The molecule has 2 aromatic rings. The summed E-state index contributed by atoms with van der Waals surface area (Å²) < 4.78 is 0. The van der Waals surface area contributed by atoms with Crippen LogP contribution >= 0.6 is 11.6 Å². The van der Waals surface area contributed by atoms with Crippen LogP contribution in [0.15, 0.2) is 42.5 Å². The molecule has 1 N–H and O–H groups in total. The average molecular weight is 275 g/mol. The van der Waals surface area contributed by atoms with Gasteiger partial charge >= 0.3 is 0 Å². The zero-order valence-electron chi connectivity index (χ0n) is 10.7. The van der Waals surface area contributed by atoms with Crippen molar-refractivity contribution in [2.45, 2.75) is 13.3 Å². The molecule has 0 aliphatic heterocycles. The summed E-state index contributed by atoms with van der Waals surface area (Å²) in [4.78, 5) is 16.2. The SMILES string of the molecule is Cc1cccc(C(=O)Nc2ccc(CCCl)cc2)n1. The van der Waals surface area contributed by atoms with Crippen LogP contribution in [0.25, 0.3) is 0 Å². The molecule has 0 fully saturated rings. The third kappa shape index (κ3) is 3.80. The van der Waals surface area contributed by atoms with Gasteiger partial charge in [-0.15, -0.1) is 11.6 Å². The second kappa shape index (κ2) is 6.34. The molecule has 0 radical (unpaired) electrons. The minimum absolute atomic E-state index is 0.200. The van der Waals surface area contributed by atoms with Gasteiger partial charge in [0.25, 0.3) is 5.91 Å². The summed E-state index contributed by atoms with van der Waals surface area (Å²) in [7, 11) is 0. The molecule has 0 atom stereocenters. The van der Waals surface area contributed by atoms with E-state index in [0.717, 1.165) is 23.4 Å². The fourth-order valence-electron chi connectivity index (χ4n) is 1.73. The van der Waals surface area contributed by atoms with Gasteiger partial charge in [0.2, 0.25) is 0 Å². The van der Waals surface area contributed by atoms with Gasteiger partial charge < -0.3 is 5.32 Å². The number of nitrogens with zero attached hydrogens (tertiary/aromatic N) is 1. The molecule has 19 heavy (non-hydrogen) atoms. The number of hydrogen-bond donors (Lipinski definition) is 1. The van der Waals surface area contributed by atoms with Gasteiger partial charge in [-0.1, -0.05) is 18.2 Å². The van der Waals surface area contributed by atoms with Gasteiger partial charge in [0.1, 0.15) is 5.69 Å². The second-order valence-corrected chi connectivity index (χ2v) is 4.63. The van der Waals surface area contributed by atoms with E-state index in [1.165, 1.54) is 0 Å². The number of aromatic nitrogens is 1. The summed E-state index contributed by atoms with van der Waals surface area (Å²) in [5.41, 5.74) is 3.16. The Morgan fingerprint density at radius 3 is 2.58 bits per heavy atom. The smallest absolute Gasteiger partial charge is 0.274 e. The number of anilines is 1. The van der Waals surface area contributed by atoms with Crippen molar-refractivity contribution in [1.82, 2.24) is 4.98 Å². The molecule has 0 bridgehead atoms. The molecule has 1 aromatic carbocycles. The monoisotopic (exact) mass is 274 g/mol. The molecule has 2 rings (SSSR count). The first-order chi connectivity index (χ1) is 9.19. The number of pyridine rings is 1. The first-order valence-corrected chi connectivity index (χ1v) is 6.62. The molecule has 98 valence electrons. The highest BCUT2D eigenvalue weighted by Crippen LogP contribution is 2.12. The van der Waals surface area contributed by atoms with E-state index in [1.807, 2.05) is 43.3 Å². The molecule has 1 heterocycles. The molecule has 0 saturated heterocycles. The van der Waals surface area contributed by atoms with E-state index < -0.39 is 0 Å². The summed E-state index contributed by atoms with van der Waals surface area (Å²) in [5, 5.41) is 2.82. The Morgan fingerprint density at radius 1 is 1.21 bits per heavy atom. The van der Waals surface area contributed by atoms with Crippen LogP contribution in [0.1, 0.15) is 21.7 Å². The first kappa shape index (κ1) is 13.6. The van der Waals surface area contributed by atoms with E-state index in [4.69, 9.17) is 11.6 Å². The number of rotatable bonds is 4. The van der Waals surface area contributed by atoms with E-state index in [-0.39, 0.29) is 5.91 Å². The Hall–Kier alpha value is -1.87. The Balaban J connectivity index is 2.06. The van der Waals surface area contributed by atoms with Crippen molar-refractivity contribution in [2.24, 2.45) is 0 Å². The Bertz CT molecular complexity index is 567. The fourth-order valence-corrected chi connectivity index (χ4v) is 1.95. The van der Waals surface area contributed by atoms with Crippen LogP contribution in [0.3, 0.4) is 0 Å². The molecular formula is C15H15ClN2O. The number of benzene rings is 1. The van der Waals surface area contributed by atoms with Crippen molar-refractivity contribution < 1.29 is 4.79 Å². The highest BCUT2D eigenvalue weighted by atomic mass is 35.5. The van der Waals surface area contributed by atoms with E-state index in [1.54, 1.807) is 6.07 Å². The van der Waals surface area contributed by atoms with Crippen LogP contribution in [-0.2, 0) is 6.42 Å². The highest BCUT2D eigenvalue weighted by molar-refractivity contribution is 6.18. The normalized spacial score (nSPS) is 10.2. The Labute approximate surface area is 117 Å². The lowest BCUT2D eigenvalue weighted by Crippen LogP contribution is -2.13. The maximum absolute atomic E-state index is 12.0. The number of hydrogen-bond acceptors (Lipinski definition) is 2. The van der Waals surface area contributed by atoms with Gasteiger partial charge in [0, 0.05) is 17.3 Å². The van der Waals surface area contributed by atoms with Gasteiger partial charge in [-0.3, -0.25) is 4.79 Å². The zero-order valence-corrected chi connectivity index (χ0v) is 11.4. The van der Waals surface area contributed by atoms with Gasteiger partial charge in [0.15, 0.2) is 0 Å². The molecular weight excluding hydrogens is 260 g/mol. The Kier molecular flexibility index (Phi) is 4.53. The molecule has 0 aliphatic carbocycles. The first-order valence-electron chi connectivity index (χ1n) is 6.09. The summed E-state index contributed by atoms with van der Waals surface area (Å²) in [6.07, 6.45) is 0.829. The summed E-state index contributed by atoms with van der Waals surface area (Å²) >= 11 is 5.68. The van der Waals surface area contributed by atoms with Crippen LogP contribution < -0.4 is 5.32 Å². The van der Waals surface area contributed by atoms with Crippen molar-refractivity contribution in [2.75, 3.05) is 11.2 Å². The van der Waals surface area contributed by atoms with Gasteiger partial charge in [-0.2, -0.15) is 0 Å². The van der Waals surface area contributed by atoms with Crippen LogP contribution in [0.4, 0.5) is 5.69 Å².